The minimum Gasteiger partial charge on any atom is -0.309 e. The summed E-state index contributed by atoms with van der Waals surface area (Å²) in [6, 6.07) is 80.0. The van der Waals surface area contributed by atoms with Crippen molar-refractivity contribution in [1.82, 2.24) is 14.5 Å². The van der Waals surface area contributed by atoms with Crippen LogP contribution in [-0.2, 0) is 0 Å². The molecule has 0 aliphatic rings. The number of hydrogen-bond donors (Lipinski definition) is 0. The van der Waals surface area contributed by atoms with E-state index in [1.54, 1.807) is 0 Å². The molecule has 13 aromatic rings. The maximum absolute atomic E-state index is 9.78. The molecule has 2 aromatic heterocycles. The van der Waals surface area contributed by atoms with Crippen molar-refractivity contribution >= 4 is 64.9 Å². The zero-order valence-electron chi connectivity index (χ0n) is 35.1. The van der Waals surface area contributed by atoms with Crippen molar-refractivity contribution in [2.24, 2.45) is 0 Å². The number of benzene rings is 11. The lowest BCUT2D eigenvalue weighted by Gasteiger charge is -2.15. The highest BCUT2D eigenvalue weighted by atomic mass is 15.0. The van der Waals surface area contributed by atoms with Crippen LogP contribution in [0.1, 0.15) is 5.56 Å². The van der Waals surface area contributed by atoms with E-state index in [2.05, 4.69) is 199 Å². The molecule has 0 saturated heterocycles. The van der Waals surface area contributed by atoms with E-state index in [4.69, 9.17) is 9.97 Å². The van der Waals surface area contributed by atoms with E-state index in [0.29, 0.717) is 11.4 Å². The van der Waals surface area contributed by atoms with Gasteiger partial charge in [-0.2, -0.15) is 5.26 Å². The van der Waals surface area contributed by atoms with Gasteiger partial charge in [0.25, 0.3) is 0 Å². The van der Waals surface area contributed by atoms with Gasteiger partial charge in [0, 0.05) is 33.2 Å². The molecule has 0 radical (unpaired) electrons. The molecular weight excluding hydrogens is 789 g/mol. The Morgan fingerprint density at radius 3 is 1.32 bits per heavy atom. The fourth-order valence-corrected chi connectivity index (χ4v) is 9.96. The largest absolute Gasteiger partial charge is 0.309 e. The number of aromatic nitrogens is 3. The third-order valence-corrected chi connectivity index (χ3v) is 13.1. The summed E-state index contributed by atoms with van der Waals surface area (Å²) in [7, 11) is 0. The second-order valence-electron chi connectivity index (χ2n) is 16.9. The lowest BCUT2D eigenvalue weighted by Crippen LogP contribution is -1.96. The average Bonchev–Trinajstić information content (AvgIpc) is 3.71. The summed E-state index contributed by atoms with van der Waals surface area (Å²) in [5.41, 5.74) is 13.6. The van der Waals surface area contributed by atoms with E-state index < -0.39 is 0 Å². The molecule has 0 aliphatic heterocycles. The molecule has 4 nitrogen and oxygen atoms in total. The summed E-state index contributed by atoms with van der Waals surface area (Å²) in [6.07, 6.45) is 0. The normalized spacial score (nSPS) is 11.7. The molecule has 0 fully saturated rings. The van der Waals surface area contributed by atoms with Gasteiger partial charge in [-0.15, -0.1) is 0 Å². The van der Waals surface area contributed by atoms with Crippen molar-refractivity contribution in [3.8, 4) is 67.9 Å². The predicted molar refractivity (Wildman–Crippen MR) is 269 cm³/mol. The summed E-state index contributed by atoms with van der Waals surface area (Å²) >= 11 is 0. The summed E-state index contributed by atoms with van der Waals surface area (Å²) in [5.74, 6) is 0.713. The number of fused-ring (bicyclic) bond motifs is 4. The van der Waals surface area contributed by atoms with Crippen molar-refractivity contribution in [2.75, 3.05) is 0 Å². The minimum absolute atomic E-state index is 0.658. The van der Waals surface area contributed by atoms with Crippen molar-refractivity contribution in [2.45, 2.75) is 0 Å². The van der Waals surface area contributed by atoms with Crippen LogP contribution in [0.15, 0.2) is 218 Å². The second-order valence-corrected chi connectivity index (χ2v) is 16.9. The van der Waals surface area contributed by atoms with Crippen LogP contribution in [0.4, 0.5) is 0 Å². The summed E-state index contributed by atoms with van der Waals surface area (Å²) < 4.78 is 2.29. The van der Waals surface area contributed by atoms with E-state index in [0.717, 1.165) is 66.7 Å². The first kappa shape index (κ1) is 36.7. The van der Waals surface area contributed by atoms with Gasteiger partial charge in [-0.05, 0) is 150 Å². The van der Waals surface area contributed by atoms with Gasteiger partial charge in [-0.3, -0.25) is 0 Å². The Balaban J connectivity index is 0.860. The van der Waals surface area contributed by atoms with E-state index >= 15 is 0 Å². The number of rotatable bonds is 6. The van der Waals surface area contributed by atoms with Crippen LogP contribution in [0.2, 0.25) is 0 Å². The molecule has 2 heterocycles. The Labute approximate surface area is 374 Å². The molecule has 0 N–H and O–H groups in total. The summed E-state index contributed by atoms with van der Waals surface area (Å²) in [6.45, 7) is 0. The standard InChI is InChI=1S/C61H36N4/c62-37-38-16-26-57-53(28-38)54-35-45(25-27-58(54)65(57)52-14-8-3-9-15-52)43-18-17-42-30-44(20-19-41(42)29-43)50-31-46-21-23-48-33-51(34-49-24-22-47(32-50)59(46)60(48)49)61-63-55(39-10-4-1-5-11-39)36-56(64-61)40-12-6-2-7-13-40/h1-36H. The van der Waals surface area contributed by atoms with Crippen LogP contribution < -0.4 is 0 Å². The molecule has 65 heavy (non-hydrogen) atoms. The monoisotopic (exact) mass is 824 g/mol. The third-order valence-electron chi connectivity index (χ3n) is 13.1. The molecule has 0 atom stereocenters. The van der Waals surface area contributed by atoms with Crippen LogP contribution >= 0.6 is 0 Å². The van der Waals surface area contributed by atoms with Gasteiger partial charge in [-0.1, -0.05) is 133 Å². The first-order valence-corrected chi connectivity index (χ1v) is 21.9. The first-order chi connectivity index (χ1) is 32.1. The van der Waals surface area contributed by atoms with E-state index in [1.807, 2.05) is 30.3 Å². The van der Waals surface area contributed by atoms with E-state index in [-0.39, 0.29) is 0 Å². The van der Waals surface area contributed by atoms with Crippen LogP contribution in [0.3, 0.4) is 0 Å². The number of nitriles is 1. The average molecular weight is 825 g/mol. The Kier molecular flexibility index (Phi) is 8.24. The quantitative estimate of drug-likeness (QED) is 0.157. The Hall–Kier alpha value is -8.91. The van der Waals surface area contributed by atoms with Gasteiger partial charge >= 0.3 is 0 Å². The highest BCUT2D eigenvalue weighted by molar-refractivity contribution is 6.24. The van der Waals surface area contributed by atoms with Gasteiger partial charge in [-0.25, -0.2) is 9.97 Å². The highest BCUT2D eigenvalue weighted by Crippen LogP contribution is 2.41. The predicted octanol–water partition coefficient (Wildman–Crippen LogP) is 15.8. The van der Waals surface area contributed by atoms with Gasteiger partial charge in [0.2, 0.25) is 0 Å². The van der Waals surface area contributed by atoms with E-state index in [9.17, 15) is 5.26 Å². The molecule has 0 aliphatic carbocycles. The molecule has 4 heteroatoms. The number of hydrogen-bond acceptors (Lipinski definition) is 3. The van der Waals surface area contributed by atoms with Crippen LogP contribution in [0, 0.1) is 11.3 Å². The molecule has 0 unspecified atom stereocenters. The van der Waals surface area contributed by atoms with Crippen molar-refractivity contribution in [3.05, 3.63) is 224 Å². The van der Waals surface area contributed by atoms with Crippen molar-refractivity contribution < 1.29 is 0 Å². The molecule has 13 rings (SSSR count). The fraction of sp³-hybridized carbons (Fsp3) is 0. The smallest absolute Gasteiger partial charge is 0.160 e. The topological polar surface area (TPSA) is 54.5 Å². The lowest BCUT2D eigenvalue weighted by molar-refractivity contribution is 1.18. The molecule has 0 bridgehead atoms. The van der Waals surface area contributed by atoms with Crippen LogP contribution in [0.5, 0.6) is 0 Å². The number of nitrogens with zero attached hydrogens (tertiary/aromatic N) is 4. The zero-order chi connectivity index (χ0) is 43.0. The minimum atomic E-state index is 0.658. The first-order valence-electron chi connectivity index (χ1n) is 21.9. The van der Waals surface area contributed by atoms with Crippen LogP contribution in [-0.4, -0.2) is 14.5 Å². The van der Waals surface area contributed by atoms with Gasteiger partial charge in [0.1, 0.15) is 0 Å². The van der Waals surface area contributed by atoms with Crippen molar-refractivity contribution in [1.29, 1.82) is 5.26 Å². The van der Waals surface area contributed by atoms with Crippen molar-refractivity contribution in [3.63, 3.8) is 0 Å². The zero-order valence-corrected chi connectivity index (χ0v) is 35.1. The fourth-order valence-electron chi connectivity index (χ4n) is 9.96. The number of para-hydroxylation sites is 1. The third kappa shape index (κ3) is 6.13. The Bertz CT molecular complexity index is 3930. The van der Waals surface area contributed by atoms with Gasteiger partial charge in [0.05, 0.1) is 34.1 Å². The van der Waals surface area contributed by atoms with Crippen LogP contribution in [0.25, 0.3) is 127 Å². The van der Waals surface area contributed by atoms with Gasteiger partial charge < -0.3 is 4.57 Å². The maximum Gasteiger partial charge on any atom is 0.160 e. The molecule has 11 aromatic carbocycles. The molecule has 0 saturated carbocycles. The maximum atomic E-state index is 9.78. The summed E-state index contributed by atoms with van der Waals surface area (Å²) in [5, 5.41) is 21.7. The SMILES string of the molecule is N#Cc1ccc2c(c1)c1cc(-c3ccc4cc(-c5cc6ccc7cc(-c8nc(-c9ccccc9)cc(-c9ccccc9)n8)cc8ccc(c5)c6c78)ccc4c3)ccc1n2-c1ccccc1. The molecular formula is C61H36N4. The van der Waals surface area contributed by atoms with E-state index in [1.165, 1.54) is 54.2 Å². The molecule has 0 spiro atoms. The second kappa shape index (κ2) is 14.6. The van der Waals surface area contributed by atoms with Gasteiger partial charge in [0.15, 0.2) is 5.82 Å². The molecule has 300 valence electrons. The summed E-state index contributed by atoms with van der Waals surface area (Å²) in [4.78, 5) is 10.3. The Morgan fingerprint density at radius 2 is 0.769 bits per heavy atom. The highest BCUT2D eigenvalue weighted by Gasteiger charge is 2.17. The molecule has 0 amide bonds. The lowest BCUT2D eigenvalue weighted by atomic mass is 9.90. The Morgan fingerprint density at radius 1 is 0.338 bits per heavy atom.